The third-order valence-corrected chi connectivity index (χ3v) is 6.14. The summed E-state index contributed by atoms with van der Waals surface area (Å²) in [5.41, 5.74) is 0. The van der Waals surface area contributed by atoms with Crippen LogP contribution < -0.4 is 5.32 Å². The summed E-state index contributed by atoms with van der Waals surface area (Å²) in [6.45, 7) is 3.11. The Morgan fingerprint density at radius 1 is 1.04 bits per heavy atom. The van der Waals surface area contributed by atoms with Crippen molar-refractivity contribution < 1.29 is 4.79 Å². The molecule has 0 bridgehead atoms. The summed E-state index contributed by atoms with van der Waals surface area (Å²) < 4.78 is 2.20. The van der Waals surface area contributed by atoms with Crippen molar-refractivity contribution in [1.82, 2.24) is 14.5 Å². The van der Waals surface area contributed by atoms with Gasteiger partial charge in [-0.05, 0) is 45.1 Å². The van der Waals surface area contributed by atoms with Crippen molar-refractivity contribution in [3.05, 3.63) is 12.0 Å². The zero-order valence-corrected chi connectivity index (χ0v) is 14.7. The molecule has 1 amide bonds. The minimum Gasteiger partial charge on any atom is -0.315 e. The van der Waals surface area contributed by atoms with Crippen LogP contribution >= 0.6 is 0 Å². The van der Waals surface area contributed by atoms with E-state index in [0.29, 0.717) is 0 Å². The molecule has 1 aromatic heterocycles. The van der Waals surface area contributed by atoms with E-state index in [1.54, 1.807) is 0 Å². The number of piperidine rings is 1. The van der Waals surface area contributed by atoms with Crippen LogP contribution in [-0.4, -0.2) is 39.5 Å². The molecule has 1 N–H and O–H groups in total. The maximum atomic E-state index is 12.8. The monoisotopic (exact) mass is 330 g/mol. The van der Waals surface area contributed by atoms with E-state index < -0.39 is 0 Å². The number of imidazole rings is 1. The van der Waals surface area contributed by atoms with Crippen LogP contribution in [0.25, 0.3) is 0 Å². The van der Waals surface area contributed by atoms with Gasteiger partial charge < -0.3 is 9.88 Å². The molecule has 3 aliphatic rings. The van der Waals surface area contributed by atoms with Gasteiger partial charge in [0.15, 0.2) is 0 Å². The number of aryl methyl sites for hydroxylation is 1. The zero-order chi connectivity index (χ0) is 16.4. The van der Waals surface area contributed by atoms with Crippen molar-refractivity contribution in [3.8, 4) is 0 Å². The number of carbonyl (C=O) groups is 1. The largest absolute Gasteiger partial charge is 0.315 e. The summed E-state index contributed by atoms with van der Waals surface area (Å²) in [5, 5.41) is 3.18. The molecule has 1 aliphatic carbocycles. The van der Waals surface area contributed by atoms with Gasteiger partial charge in [0.1, 0.15) is 11.6 Å². The van der Waals surface area contributed by atoms with E-state index in [9.17, 15) is 4.79 Å². The van der Waals surface area contributed by atoms with E-state index in [0.717, 1.165) is 50.0 Å². The molecule has 1 atom stereocenters. The van der Waals surface area contributed by atoms with Crippen LogP contribution in [0.2, 0.25) is 0 Å². The summed E-state index contributed by atoms with van der Waals surface area (Å²) in [5.74, 6) is 2.37. The van der Waals surface area contributed by atoms with Crippen molar-refractivity contribution >= 4 is 11.7 Å². The second-order valence-electron chi connectivity index (χ2n) is 7.78. The fraction of sp³-hybridized carbons (Fsp3) is 0.789. The van der Waals surface area contributed by atoms with Crippen molar-refractivity contribution in [3.63, 3.8) is 0 Å². The zero-order valence-electron chi connectivity index (χ0n) is 14.7. The average Bonchev–Trinajstić information content (AvgIpc) is 3.06. The third-order valence-electron chi connectivity index (χ3n) is 6.14. The highest BCUT2D eigenvalue weighted by Gasteiger charge is 2.31. The highest BCUT2D eigenvalue weighted by atomic mass is 16.2. The summed E-state index contributed by atoms with van der Waals surface area (Å²) >= 11 is 0. The number of carbonyl (C=O) groups excluding carboxylic acids is 1. The lowest BCUT2D eigenvalue weighted by molar-refractivity contribution is -0.122. The van der Waals surface area contributed by atoms with Crippen molar-refractivity contribution in [2.24, 2.45) is 5.92 Å². The Balaban J connectivity index is 1.38. The second-order valence-corrected chi connectivity index (χ2v) is 7.78. The number of hydrogen-bond acceptors (Lipinski definition) is 3. The number of amides is 1. The topological polar surface area (TPSA) is 50.2 Å². The molecule has 1 saturated carbocycles. The van der Waals surface area contributed by atoms with Gasteiger partial charge in [0, 0.05) is 25.6 Å². The highest BCUT2D eigenvalue weighted by molar-refractivity contribution is 5.92. The molecule has 2 fully saturated rings. The van der Waals surface area contributed by atoms with Crippen LogP contribution in [0, 0.1) is 5.92 Å². The first kappa shape index (κ1) is 16.1. The Morgan fingerprint density at radius 3 is 2.79 bits per heavy atom. The second kappa shape index (κ2) is 7.26. The van der Waals surface area contributed by atoms with Crippen molar-refractivity contribution in [1.29, 1.82) is 0 Å². The van der Waals surface area contributed by atoms with Crippen LogP contribution in [0.5, 0.6) is 0 Å². The number of nitrogens with zero attached hydrogens (tertiary/aromatic N) is 3. The van der Waals surface area contributed by atoms with Gasteiger partial charge in [-0.25, -0.2) is 4.98 Å². The Bertz CT molecular complexity index is 576. The van der Waals surface area contributed by atoms with Crippen LogP contribution in [0.15, 0.2) is 6.20 Å². The molecule has 24 heavy (non-hydrogen) atoms. The Hall–Kier alpha value is -1.36. The summed E-state index contributed by atoms with van der Waals surface area (Å²) in [6.07, 6.45) is 14.2. The standard InChI is InChI=1S/C19H30N4O/c24-19(21-18-13-20-17-10-4-5-12-23(17)18)15-7-6-11-22(14-15)16-8-2-1-3-9-16/h13,15-16H,1-12,14H2,(H,21,24)/t15-/m0/s1. The molecule has 132 valence electrons. The number of hydrogen-bond donors (Lipinski definition) is 1. The Morgan fingerprint density at radius 2 is 1.92 bits per heavy atom. The maximum absolute atomic E-state index is 12.8. The van der Waals surface area contributed by atoms with Gasteiger partial charge in [-0.2, -0.15) is 0 Å². The van der Waals surface area contributed by atoms with Crippen LogP contribution in [0.3, 0.4) is 0 Å². The molecular weight excluding hydrogens is 300 g/mol. The molecule has 5 heteroatoms. The fourth-order valence-electron chi connectivity index (χ4n) is 4.74. The van der Waals surface area contributed by atoms with E-state index in [-0.39, 0.29) is 11.8 Å². The smallest absolute Gasteiger partial charge is 0.229 e. The lowest BCUT2D eigenvalue weighted by atomic mass is 9.90. The molecule has 3 heterocycles. The van der Waals surface area contributed by atoms with E-state index in [1.807, 2.05) is 6.20 Å². The Labute approximate surface area is 144 Å². The SMILES string of the molecule is O=C(Nc1cnc2n1CCCC2)[C@H]1CCCN(C2CCCCC2)C1. The number of aromatic nitrogens is 2. The maximum Gasteiger partial charge on any atom is 0.229 e. The van der Waals surface area contributed by atoms with E-state index in [4.69, 9.17) is 0 Å². The minimum atomic E-state index is 0.135. The average molecular weight is 330 g/mol. The predicted octanol–water partition coefficient (Wildman–Crippen LogP) is 3.20. The van der Waals surface area contributed by atoms with Crippen LogP contribution in [-0.2, 0) is 17.8 Å². The lowest BCUT2D eigenvalue weighted by Crippen LogP contribution is -2.46. The van der Waals surface area contributed by atoms with Gasteiger partial charge in [0.2, 0.25) is 5.91 Å². The predicted molar refractivity (Wildman–Crippen MR) is 95.0 cm³/mol. The molecular formula is C19H30N4O. The lowest BCUT2D eigenvalue weighted by Gasteiger charge is -2.39. The van der Waals surface area contributed by atoms with E-state index >= 15 is 0 Å². The van der Waals surface area contributed by atoms with Gasteiger partial charge >= 0.3 is 0 Å². The summed E-state index contributed by atoms with van der Waals surface area (Å²) in [4.78, 5) is 19.9. The van der Waals surface area contributed by atoms with Crippen molar-refractivity contribution in [2.75, 3.05) is 18.4 Å². The van der Waals surface area contributed by atoms with Crippen LogP contribution in [0.1, 0.15) is 63.6 Å². The fourth-order valence-corrected chi connectivity index (χ4v) is 4.74. The van der Waals surface area contributed by atoms with Gasteiger partial charge in [0.05, 0.1) is 12.1 Å². The summed E-state index contributed by atoms with van der Waals surface area (Å²) in [6, 6.07) is 0.720. The van der Waals surface area contributed by atoms with Gasteiger partial charge in [0.25, 0.3) is 0 Å². The molecule has 0 aromatic carbocycles. The van der Waals surface area contributed by atoms with Crippen LogP contribution in [0.4, 0.5) is 5.82 Å². The first-order valence-electron chi connectivity index (χ1n) is 9.90. The van der Waals surface area contributed by atoms with Crippen molar-refractivity contribution in [2.45, 2.75) is 76.8 Å². The number of likely N-dealkylation sites (tertiary alicyclic amines) is 1. The molecule has 2 aliphatic heterocycles. The first-order valence-corrected chi connectivity index (χ1v) is 9.90. The van der Waals surface area contributed by atoms with Gasteiger partial charge in [-0.15, -0.1) is 0 Å². The number of fused-ring (bicyclic) bond motifs is 1. The number of rotatable bonds is 3. The summed E-state index contributed by atoms with van der Waals surface area (Å²) in [7, 11) is 0. The normalized spacial score (nSPS) is 26.1. The van der Waals surface area contributed by atoms with Gasteiger partial charge in [-0.1, -0.05) is 19.3 Å². The van der Waals surface area contributed by atoms with Gasteiger partial charge in [-0.3, -0.25) is 9.69 Å². The molecule has 0 radical (unpaired) electrons. The minimum absolute atomic E-state index is 0.135. The molecule has 5 nitrogen and oxygen atoms in total. The van der Waals surface area contributed by atoms with E-state index in [2.05, 4.69) is 19.8 Å². The molecule has 4 rings (SSSR count). The Kier molecular flexibility index (Phi) is 4.88. The number of anilines is 1. The quantitative estimate of drug-likeness (QED) is 0.926. The highest BCUT2D eigenvalue weighted by Crippen LogP contribution is 2.28. The molecule has 0 spiro atoms. The molecule has 0 unspecified atom stereocenters. The molecule has 1 aromatic rings. The third kappa shape index (κ3) is 3.37. The van der Waals surface area contributed by atoms with E-state index in [1.165, 1.54) is 51.5 Å². The number of nitrogens with one attached hydrogen (secondary N) is 1. The molecule has 1 saturated heterocycles. The first-order chi connectivity index (χ1) is 11.8.